The summed E-state index contributed by atoms with van der Waals surface area (Å²) in [4.78, 5) is 24.8. The lowest BCUT2D eigenvalue weighted by molar-refractivity contribution is -0.116. The molecule has 1 aromatic heterocycles. The molecule has 0 aliphatic rings. The first-order valence-electron chi connectivity index (χ1n) is 9.96. The Morgan fingerprint density at radius 2 is 1.71 bits per heavy atom. The van der Waals surface area contributed by atoms with E-state index in [9.17, 15) is 26.8 Å². The van der Waals surface area contributed by atoms with Crippen LogP contribution in [0.25, 0.3) is 10.9 Å². The summed E-state index contributed by atoms with van der Waals surface area (Å²) in [5, 5.41) is 2.46. The van der Waals surface area contributed by atoms with Gasteiger partial charge < -0.3 is 14.6 Å². The van der Waals surface area contributed by atoms with Crippen LogP contribution < -0.4 is 15.5 Å². The van der Waals surface area contributed by atoms with Crippen LogP contribution in [0.2, 0.25) is 0 Å². The first-order chi connectivity index (χ1) is 16.2. The fourth-order valence-corrected chi connectivity index (χ4v) is 4.83. The molecule has 0 saturated carbocycles. The number of nitrogens with one attached hydrogen (secondary N) is 1. The molecular formula is C24H18F2N2O5S. The van der Waals surface area contributed by atoms with E-state index in [1.807, 2.05) is 0 Å². The first kappa shape index (κ1) is 23.1. The number of rotatable bonds is 6. The van der Waals surface area contributed by atoms with Gasteiger partial charge >= 0.3 is 0 Å². The van der Waals surface area contributed by atoms with Crippen LogP contribution in [0.15, 0.2) is 87.5 Å². The largest absolute Gasteiger partial charge is 0.497 e. The molecule has 0 fully saturated rings. The molecular weight excluding hydrogens is 466 g/mol. The van der Waals surface area contributed by atoms with Crippen LogP contribution in [0.1, 0.15) is 0 Å². The van der Waals surface area contributed by atoms with Crippen molar-refractivity contribution in [2.75, 3.05) is 12.4 Å². The number of carbonyl (C=O) groups excluding carboxylic acids is 1. The van der Waals surface area contributed by atoms with Crippen LogP contribution in [-0.4, -0.2) is 26.0 Å². The highest BCUT2D eigenvalue weighted by Gasteiger charge is 2.24. The van der Waals surface area contributed by atoms with Crippen molar-refractivity contribution >= 4 is 32.3 Å². The highest BCUT2D eigenvalue weighted by atomic mass is 32.2. The molecule has 1 heterocycles. The van der Waals surface area contributed by atoms with Crippen LogP contribution in [0.3, 0.4) is 0 Å². The fraction of sp³-hybridized carbons (Fsp3) is 0.0833. The maximum atomic E-state index is 13.9. The monoisotopic (exact) mass is 484 g/mol. The summed E-state index contributed by atoms with van der Waals surface area (Å²) in [6.45, 7) is -0.369. The van der Waals surface area contributed by atoms with Crippen LogP contribution in [0.5, 0.6) is 5.75 Å². The summed E-state index contributed by atoms with van der Waals surface area (Å²) in [6.07, 6.45) is 1.03. The Bertz CT molecular complexity index is 1570. The van der Waals surface area contributed by atoms with Gasteiger partial charge in [-0.15, -0.1) is 0 Å². The zero-order chi connectivity index (χ0) is 24.5. The second-order valence-electron chi connectivity index (χ2n) is 7.35. The Kier molecular flexibility index (Phi) is 6.16. The van der Waals surface area contributed by atoms with Crippen molar-refractivity contribution in [1.82, 2.24) is 4.57 Å². The average molecular weight is 484 g/mol. The number of ether oxygens (including phenoxy) is 1. The van der Waals surface area contributed by atoms with E-state index in [4.69, 9.17) is 4.74 Å². The quantitative estimate of drug-likeness (QED) is 0.421. The van der Waals surface area contributed by atoms with Gasteiger partial charge in [-0.3, -0.25) is 9.59 Å². The van der Waals surface area contributed by atoms with Gasteiger partial charge in [0.1, 0.15) is 28.8 Å². The molecule has 0 unspecified atom stereocenters. The van der Waals surface area contributed by atoms with Gasteiger partial charge in [-0.25, -0.2) is 17.2 Å². The van der Waals surface area contributed by atoms with Gasteiger partial charge in [0, 0.05) is 23.3 Å². The van der Waals surface area contributed by atoms with Crippen molar-refractivity contribution in [3.63, 3.8) is 0 Å². The number of hydrogen-bond acceptors (Lipinski definition) is 5. The molecule has 7 nitrogen and oxygen atoms in total. The number of methoxy groups -OCH3 is 1. The number of sulfone groups is 1. The van der Waals surface area contributed by atoms with Gasteiger partial charge in [0.15, 0.2) is 0 Å². The van der Waals surface area contributed by atoms with Crippen molar-refractivity contribution in [2.45, 2.75) is 16.3 Å². The number of amides is 1. The van der Waals surface area contributed by atoms with Crippen LogP contribution in [0, 0.1) is 11.6 Å². The first-order valence-corrected chi connectivity index (χ1v) is 11.4. The van der Waals surface area contributed by atoms with E-state index in [2.05, 4.69) is 5.32 Å². The highest BCUT2D eigenvalue weighted by molar-refractivity contribution is 7.91. The van der Waals surface area contributed by atoms with Crippen LogP contribution >= 0.6 is 0 Å². The number of aromatic nitrogens is 1. The van der Waals surface area contributed by atoms with Gasteiger partial charge in [0.2, 0.25) is 21.2 Å². The van der Waals surface area contributed by atoms with Gasteiger partial charge in [0.25, 0.3) is 0 Å². The molecule has 0 bridgehead atoms. The van der Waals surface area contributed by atoms with Gasteiger partial charge in [-0.1, -0.05) is 6.07 Å². The lowest BCUT2D eigenvalue weighted by atomic mass is 10.2. The number of anilines is 1. The predicted octanol–water partition coefficient (Wildman–Crippen LogP) is 3.76. The van der Waals surface area contributed by atoms with E-state index >= 15 is 0 Å². The molecule has 0 radical (unpaired) electrons. The number of nitrogens with zero attached hydrogens (tertiary/aromatic N) is 1. The van der Waals surface area contributed by atoms with Crippen molar-refractivity contribution in [1.29, 1.82) is 0 Å². The van der Waals surface area contributed by atoms with E-state index in [0.29, 0.717) is 11.4 Å². The molecule has 1 N–H and O–H groups in total. The lowest BCUT2D eigenvalue weighted by Crippen LogP contribution is -2.24. The second-order valence-corrected chi connectivity index (χ2v) is 9.27. The molecule has 34 heavy (non-hydrogen) atoms. The number of carbonyl (C=O) groups is 1. The van der Waals surface area contributed by atoms with Crippen molar-refractivity contribution < 1.29 is 26.7 Å². The minimum absolute atomic E-state index is 0.172. The molecule has 4 aromatic rings. The van der Waals surface area contributed by atoms with Crippen LogP contribution in [0.4, 0.5) is 14.5 Å². The van der Waals surface area contributed by atoms with E-state index in [1.54, 1.807) is 24.3 Å². The summed E-state index contributed by atoms with van der Waals surface area (Å²) >= 11 is 0. The number of benzene rings is 3. The molecule has 174 valence electrons. The number of halogens is 2. The third-order valence-electron chi connectivity index (χ3n) is 5.09. The van der Waals surface area contributed by atoms with E-state index < -0.39 is 37.7 Å². The lowest BCUT2D eigenvalue weighted by Gasteiger charge is -2.14. The fourth-order valence-electron chi connectivity index (χ4n) is 3.46. The highest BCUT2D eigenvalue weighted by Crippen LogP contribution is 2.23. The summed E-state index contributed by atoms with van der Waals surface area (Å²) < 4.78 is 59.9. The third kappa shape index (κ3) is 4.53. The molecule has 0 spiro atoms. The van der Waals surface area contributed by atoms with Gasteiger partial charge in [-0.05, 0) is 54.6 Å². The normalized spacial score (nSPS) is 11.4. The van der Waals surface area contributed by atoms with Gasteiger partial charge in [0.05, 0.1) is 17.5 Å². The van der Waals surface area contributed by atoms with E-state index in [-0.39, 0.29) is 22.3 Å². The molecule has 1 amide bonds. The minimum Gasteiger partial charge on any atom is -0.497 e. The SMILES string of the molecule is COc1cccc(NC(=O)Cn2cc(S(=O)(=O)c3ccc(F)cc3)c(=O)c3cc(F)ccc32)c1. The van der Waals surface area contributed by atoms with Crippen LogP contribution in [-0.2, 0) is 21.2 Å². The molecule has 3 aromatic carbocycles. The smallest absolute Gasteiger partial charge is 0.244 e. The maximum absolute atomic E-state index is 13.9. The Hall–Kier alpha value is -4.05. The summed E-state index contributed by atoms with van der Waals surface area (Å²) in [5.74, 6) is -1.39. The standard InChI is InChI=1S/C24H18F2N2O5S/c1-33-18-4-2-3-17(12-18)27-23(29)14-28-13-22(24(30)20-11-16(26)7-10-21(20)28)34(31,32)19-8-5-15(25)6-9-19/h2-13H,14H2,1H3,(H,27,29). The maximum Gasteiger partial charge on any atom is 0.244 e. The topological polar surface area (TPSA) is 94.5 Å². The average Bonchev–Trinajstić information content (AvgIpc) is 2.81. The molecule has 0 aliphatic carbocycles. The minimum atomic E-state index is -4.39. The molecule has 0 aliphatic heterocycles. The molecule has 0 saturated heterocycles. The second kappa shape index (κ2) is 9.06. The summed E-state index contributed by atoms with van der Waals surface area (Å²) in [5.41, 5.74) is -0.312. The Balaban J connectivity index is 1.80. The van der Waals surface area contributed by atoms with E-state index in [1.165, 1.54) is 17.7 Å². The molecule has 10 heteroatoms. The number of fused-ring (bicyclic) bond motifs is 1. The Labute approximate surface area is 193 Å². The van der Waals surface area contributed by atoms with Crippen molar-refractivity contribution in [3.8, 4) is 5.75 Å². The van der Waals surface area contributed by atoms with Gasteiger partial charge in [-0.2, -0.15) is 0 Å². The Morgan fingerprint density at radius 1 is 1.00 bits per heavy atom. The predicted molar refractivity (Wildman–Crippen MR) is 122 cm³/mol. The zero-order valence-corrected chi connectivity index (χ0v) is 18.6. The number of pyridine rings is 1. The summed E-state index contributed by atoms with van der Waals surface area (Å²) in [7, 11) is -2.91. The van der Waals surface area contributed by atoms with Crippen molar-refractivity contribution in [3.05, 3.63) is 94.8 Å². The third-order valence-corrected chi connectivity index (χ3v) is 6.85. The number of hydrogen-bond donors (Lipinski definition) is 1. The van der Waals surface area contributed by atoms with E-state index in [0.717, 1.165) is 42.6 Å². The van der Waals surface area contributed by atoms with Crippen molar-refractivity contribution in [2.24, 2.45) is 0 Å². The molecule has 0 atom stereocenters. The zero-order valence-electron chi connectivity index (χ0n) is 17.8. The Morgan fingerprint density at radius 3 is 2.41 bits per heavy atom. The molecule has 4 rings (SSSR count). The summed E-state index contributed by atoms with van der Waals surface area (Å²) in [6, 6.07) is 13.9.